The number of hydrogen-bond acceptors (Lipinski definition) is 6. The zero-order chi connectivity index (χ0) is 19.2. The standard InChI is InChI=1S/C19H19FN4OS2/c1-12-4-3-5-16(13(12)2)22-18-23-24-19(27-18)26-11-17(25)21-10-14-6-8-15(20)9-7-14/h3-9H,10-11H2,1-2H3,(H,21,25)(H,22,23). The summed E-state index contributed by atoms with van der Waals surface area (Å²) in [6, 6.07) is 12.1. The largest absolute Gasteiger partial charge is 0.351 e. The summed E-state index contributed by atoms with van der Waals surface area (Å²) in [5.41, 5.74) is 4.23. The van der Waals surface area contributed by atoms with Gasteiger partial charge in [0.15, 0.2) is 4.34 Å². The maximum absolute atomic E-state index is 12.9. The minimum atomic E-state index is -0.290. The predicted octanol–water partition coefficient (Wildman–Crippen LogP) is 4.45. The van der Waals surface area contributed by atoms with Crippen LogP contribution in [0.4, 0.5) is 15.2 Å². The lowest BCUT2D eigenvalue weighted by Gasteiger charge is -2.08. The van der Waals surface area contributed by atoms with Gasteiger partial charge in [0.2, 0.25) is 11.0 Å². The monoisotopic (exact) mass is 402 g/mol. The van der Waals surface area contributed by atoms with E-state index in [1.807, 2.05) is 12.1 Å². The first kappa shape index (κ1) is 19.3. The Morgan fingerprint density at radius 1 is 1.15 bits per heavy atom. The second-order valence-corrected chi connectivity index (χ2v) is 8.14. The molecule has 0 spiro atoms. The lowest BCUT2D eigenvalue weighted by molar-refractivity contribution is -0.118. The van der Waals surface area contributed by atoms with Crippen molar-refractivity contribution in [1.82, 2.24) is 15.5 Å². The minimum Gasteiger partial charge on any atom is -0.351 e. The van der Waals surface area contributed by atoms with Gasteiger partial charge >= 0.3 is 0 Å². The Labute approximate surface area is 165 Å². The van der Waals surface area contributed by atoms with Crippen molar-refractivity contribution in [3.8, 4) is 0 Å². The van der Waals surface area contributed by atoms with Crippen molar-refractivity contribution in [3.63, 3.8) is 0 Å². The summed E-state index contributed by atoms with van der Waals surface area (Å²) in [5.74, 6) is -0.148. The van der Waals surface area contributed by atoms with Gasteiger partial charge in [0, 0.05) is 12.2 Å². The number of halogens is 1. The third-order valence-corrected chi connectivity index (χ3v) is 5.95. The fourth-order valence-corrected chi connectivity index (χ4v) is 3.90. The summed E-state index contributed by atoms with van der Waals surface area (Å²) in [6.07, 6.45) is 0. The maximum atomic E-state index is 12.9. The number of anilines is 2. The quantitative estimate of drug-likeness (QED) is 0.572. The summed E-state index contributed by atoms with van der Waals surface area (Å²) in [5, 5.41) is 15.0. The summed E-state index contributed by atoms with van der Waals surface area (Å²) < 4.78 is 13.6. The molecular weight excluding hydrogens is 383 g/mol. The molecule has 0 saturated heterocycles. The van der Waals surface area contributed by atoms with Crippen LogP contribution in [0.15, 0.2) is 46.8 Å². The van der Waals surface area contributed by atoms with Crippen LogP contribution in [0.2, 0.25) is 0 Å². The third-order valence-electron chi connectivity index (χ3n) is 3.98. The molecule has 3 rings (SSSR count). The number of thioether (sulfide) groups is 1. The highest BCUT2D eigenvalue weighted by Crippen LogP contribution is 2.29. The summed E-state index contributed by atoms with van der Waals surface area (Å²) in [6.45, 7) is 4.49. The molecule has 0 aliphatic rings. The van der Waals surface area contributed by atoms with E-state index in [9.17, 15) is 9.18 Å². The molecular formula is C19H19FN4OS2. The molecule has 5 nitrogen and oxygen atoms in total. The van der Waals surface area contributed by atoms with Crippen LogP contribution in [-0.2, 0) is 11.3 Å². The molecule has 0 aliphatic heterocycles. The van der Waals surface area contributed by atoms with Gasteiger partial charge in [-0.1, -0.05) is 47.4 Å². The van der Waals surface area contributed by atoms with E-state index in [2.05, 4.69) is 40.7 Å². The van der Waals surface area contributed by atoms with Crippen LogP contribution in [0.5, 0.6) is 0 Å². The van der Waals surface area contributed by atoms with Crippen LogP contribution in [0.25, 0.3) is 0 Å². The smallest absolute Gasteiger partial charge is 0.230 e. The Kier molecular flexibility index (Phi) is 6.41. The second-order valence-electron chi connectivity index (χ2n) is 5.94. The summed E-state index contributed by atoms with van der Waals surface area (Å²) in [4.78, 5) is 12.0. The van der Waals surface area contributed by atoms with Crippen LogP contribution in [-0.4, -0.2) is 21.9 Å². The van der Waals surface area contributed by atoms with Crippen LogP contribution in [0.3, 0.4) is 0 Å². The van der Waals surface area contributed by atoms with E-state index in [0.29, 0.717) is 11.7 Å². The molecule has 0 atom stereocenters. The van der Waals surface area contributed by atoms with E-state index in [1.54, 1.807) is 12.1 Å². The summed E-state index contributed by atoms with van der Waals surface area (Å²) >= 11 is 2.75. The van der Waals surface area contributed by atoms with Gasteiger partial charge in [-0.05, 0) is 48.7 Å². The average Bonchev–Trinajstić information content (AvgIpc) is 3.11. The normalized spacial score (nSPS) is 10.6. The first-order valence-corrected chi connectivity index (χ1v) is 10.1. The van der Waals surface area contributed by atoms with Crippen molar-refractivity contribution < 1.29 is 9.18 Å². The van der Waals surface area contributed by atoms with Gasteiger partial charge in [-0.2, -0.15) is 0 Å². The van der Waals surface area contributed by atoms with E-state index in [4.69, 9.17) is 0 Å². The van der Waals surface area contributed by atoms with Crippen LogP contribution in [0.1, 0.15) is 16.7 Å². The molecule has 3 aromatic rings. The lowest BCUT2D eigenvalue weighted by atomic mass is 10.1. The Morgan fingerprint density at radius 3 is 2.70 bits per heavy atom. The highest BCUT2D eigenvalue weighted by Gasteiger charge is 2.09. The van der Waals surface area contributed by atoms with Crippen molar-refractivity contribution in [2.45, 2.75) is 24.7 Å². The molecule has 140 valence electrons. The molecule has 0 radical (unpaired) electrons. The number of aromatic nitrogens is 2. The van der Waals surface area contributed by atoms with E-state index < -0.39 is 0 Å². The van der Waals surface area contributed by atoms with Crippen molar-refractivity contribution >= 4 is 39.8 Å². The fraction of sp³-hybridized carbons (Fsp3) is 0.211. The first-order valence-electron chi connectivity index (χ1n) is 8.32. The van der Waals surface area contributed by atoms with E-state index in [-0.39, 0.29) is 17.5 Å². The predicted molar refractivity (Wildman–Crippen MR) is 108 cm³/mol. The molecule has 0 aliphatic carbocycles. The van der Waals surface area contributed by atoms with Gasteiger partial charge in [0.05, 0.1) is 5.75 Å². The number of carbonyl (C=O) groups is 1. The number of nitrogens with zero attached hydrogens (tertiary/aromatic N) is 2. The van der Waals surface area contributed by atoms with Crippen molar-refractivity contribution in [3.05, 3.63) is 65.0 Å². The average molecular weight is 403 g/mol. The number of amides is 1. The molecule has 0 unspecified atom stereocenters. The third kappa shape index (κ3) is 5.51. The van der Waals surface area contributed by atoms with Crippen molar-refractivity contribution in [2.75, 3.05) is 11.1 Å². The SMILES string of the molecule is Cc1cccc(Nc2nnc(SCC(=O)NCc3ccc(F)cc3)s2)c1C. The molecule has 0 saturated carbocycles. The minimum absolute atomic E-state index is 0.108. The topological polar surface area (TPSA) is 66.9 Å². The highest BCUT2D eigenvalue weighted by atomic mass is 32.2. The molecule has 8 heteroatoms. The maximum Gasteiger partial charge on any atom is 0.230 e. The first-order chi connectivity index (χ1) is 13.0. The molecule has 1 heterocycles. The van der Waals surface area contributed by atoms with Crippen LogP contribution < -0.4 is 10.6 Å². The number of benzene rings is 2. The van der Waals surface area contributed by atoms with E-state index >= 15 is 0 Å². The van der Waals surface area contributed by atoms with Crippen LogP contribution >= 0.6 is 23.1 Å². The van der Waals surface area contributed by atoms with Crippen molar-refractivity contribution in [1.29, 1.82) is 0 Å². The fourth-order valence-electron chi connectivity index (χ4n) is 2.30. The van der Waals surface area contributed by atoms with Gasteiger partial charge in [0.1, 0.15) is 5.82 Å². The van der Waals surface area contributed by atoms with E-state index in [0.717, 1.165) is 15.6 Å². The number of nitrogens with one attached hydrogen (secondary N) is 2. The number of rotatable bonds is 7. The Balaban J connectivity index is 1.48. The van der Waals surface area contributed by atoms with Gasteiger partial charge in [-0.15, -0.1) is 10.2 Å². The molecule has 2 N–H and O–H groups in total. The molecule has 0 fully saturated rings. The molecule has 2 aromatic carbocycles. The molecule has 1 aromatic heterocycles. The Hall–Kier alpha value is -2.45. The van der Waals surface area contributed by atoms with Gasteiger partial charge in [0.25, 0.3) is 0 Å². The van der Waals surface area contributed by atoms with Crippen molar-refractivity contribution in [2.24, 2.45) is 0 Å². The highest BCUT2D eigenvalue weighted by molar-refractivity contribution is 8.01. The Bertz CT molecular complexity index is 928. The summed E-state index contributed by atoms with van der Waals surface area (Å²) in [7, 11) is 0. The van der Waals surface area contributed by atoms with Gasteiger partial charge in [-0.3, -0.25) is 4.79 Å². The Morgan fingerprint density at radius 2 is 1.93 bits per heavy atom. The zero-order valence-corrected chi connectivity index (χ0v) is 16.6. The number of hydrogen-bond donors (Lipinski definition) is 2. The molecule has 27 heavy (non-hydrogen) atoms. The van der Waals surface area contributed by atoms with Crippen LogP contribution in [0, 0.1) is 19.7 Å². The number of aryl methyl sites for hydroxylation is 1. The van der Waals surface area contributed by atoms with Gasteiger partial charge < -0.3 is 10.6 Å². The lowest BCUT2D eigenvalue weighted by Crippen LogP contribution is -2.24. The molecule has 1 amide bonds. The second kappa shape index (κ2) is 8.96. The van der Waals surface area contributed by atoms with Gasteiger partial charge in [-0.25, -0.2) is 4.39 Å². The van der Waals surface area contributed by atoms with E-state index in [1.165, 1.54) is 46.4 Å². The zero-order valence-electron chi connectivity index (χ0n) is 15.0. The molecule has 0 bridgehead atoms. The number of carbonyl (C=O) groups excluding carboxylic acids is 1.